The van der Waals surface area contributed by atoms with Gasteiger partial charge in [0, 0.05) is 45.2 Å². The Bertz CT molecular complexity index is 828. The van der Waals surface area contributed by atoms with Gasteiger partial charge in [-0.3, -0.25) is 14.4 Å². The maximum Gasteiger partial charge on any atom is 0.260 e. The molecule has 0 bridgehead atoms. The second kappa shape index (κ2) is 9.78. The fraction of sp³-hybridized carbons (Fsp3) is 0.522. The van der Waals surface area contributed by atoms with E-state index in [1.165, 1.54) is 6.92 Å². The fourth-order valence-corrected chi connectivity index (χ4v) is 4.19. The summed E-state index contributed by atoms with van der Waals surface area (Å²) in [7, 11) is 1.85. The first-order valence-electron chi connectivity index (χ1n) is 10.5. The molecule has 2 aliphatic rings. The van der Waals surface area contributed by atoms with Gasteiger partial charge in [-0.1, -0.05) is 12.2 Å². The van der Waals surface area contributed by atoms with Crippen molar-refractivity contribution in [2.45, 2.75) is 33.1 Å². The minimum absolute atomic E-state index is 0.0164. The van der Waals surface area contributed by atoms with Crippen LogP contribution in [-0.4, -0.2) is 60.8 Å². The second-order valence-corrected chi connectivity index (χ2v) is 8.20. The first-order chi connectivity index (χ1) is 14.3. The fourth-order valence-electron chi connectivity index (χ4n) is 4.19. The zero-order valence-corrected chi connectivity index (χ0v) is 18.0. The molecule has 3 amide bonds. The number of aryl methyl sites for hydroxylation is 1. The Kier molecular flexibility index (Phi) is 7.13. The highest BCUT2D eigenvalue weighted by atomic mass is 16.5. The van der Waals surface area contributed by atoms with Crippen molar-refractivity contribution in [3.63, 3.8) is 0 Å². The van der Waals surface area contributed by atoms with Crippen molar-refractivity contribution < 1.29 is 19.1 Å². The summed E-state index contributed by atoms with van der Waals surface area (Å²) in [5.74, 6) is 0.985. The molecule has 0 aromatic heterocycles. The lowest BCUT2D eigenvalue weighted by Crippen LogP contribution is -2.44. The molecule has 2 aliphatic heterocycles. The van der Waals surface area contributed by atoms with Gasteiger partial charge in [0.15, 0.2) is 6.61 Å². The summed E-state index contributed by atoms with van der Waals surface area (Å²) in [5.41, 5.74) is 1.61. The third kappa shape index (κ3) is 5.40. The van der Waals surface area contributed by atoms with Crippen LogP contribution in [0.2, 0.25) is 0 Å². The van der Waals surface area contributed by atoms with Crippen LogP contribution in [0, 0.1) is 18.8 Å². The van der Waals surface area contributed by atoms with Crippen LogP contribution in [0.5, 0.6) is 5.75 Å². The lowest BCUT2D eigenvalue weighted by molar-refractivity contribution is -0.137. The largest absolute Gasteiger partial charge is 0.484 e. The summed E-state index contributed by atoms with van der Waals surface area (Å²) in [4.78, 5) is 40.0. The molecular formula is C23H31N3O4. The molecule has 162 valence electrons. The number of anilines is 1. The van der Waals surface area contributed by atoms with Gasteiger partial charge in [-0.25, -0.2) is 0 Å². The molecule has 0 radical (unpaired) electrons. The van der Waals surface area contributed by atoms with Crippen LogP contribution in [-0.2, 0) is 14.4 Å². The Balaban J connectivity index is 1.48. The van der Waals surface area contributed by atoms with Crippen molar-refractivity contribution in [3.05, 3.63) is 35.9 Å². The molecule has 30 heavy (non-hydrogen) atoms. The molecule has 1 N–H and O–H groups in total. The number of hydrogen-bond acceptors (Lipinski definition) is 4. The molecule has 1 saturated heterocycles. The number of rotatable bonds is 5. The third-order valence-electron chi connectivity index (χ3n) is 5.96. The zero-order valence-electron chi connectivity index (χ0n) is 18.0. The van der Waals surface area contributed by atoms with Gasteiger partial charge >= 0.3 is 0 Å². The van der Waals surface area contributed by atoms with Crippen molar-refractivity contribution in [1.29, 1.82) is 0 Å². The number of carbonyl (C=O) groups is 3. The van der Waals surface area contributed by atoms with Crippen LogP contribution in [0.15, 0.2) is 30.4 Å². The molecule has 1 aromatic carbocycles. The number of benzene rings is 1. The Morgan fingerprint density at radius 2 is 1.93 bits per heavy atom. The van der Waals surface area contributed by atoms with Gasteiger partial charge in [-0.05, 0) is 55.9 Å². The van der Waals surface area contributed by atoms with E-state index in [4.69, 9.17) is 4.74 Å². The van der Waals surface area contributed by atoms with Gasteiger partial charge < -0.3 is 19.9 Å². The number of hydrogen-bond donors (Lipinski definition) is 1. The average Bonchev–Trinajstić information content (AvgIpc) is 2.89. The van der Waals surface area contributed by atoms with Gasteiger partial charge in [0.25, 0.3) is 5.91 Å². The molecule has 0 aliphatic carbocycles. The maximum absolute atomic E-state index is 12.6. The molecule has 7 heteroatoms. The summed E-state index contributed by atoms with van der Waals surface area (Å²) >= 11 is 0. The highest BCUT2D eigenvalue weighted by Crippen LogP contribution is 2.30. The van der Waals surface area contributed by atoms with Gasteiger partial charge in [0.1, 0.15) is 5.75 Å². The number of carbonyl (C=O) groups excluding carboxylic acids is 3. The lowest BCUT2D eigenvalue weighted by atomic mass is 9.81. The van der Waals surface area contributed by atoms with Gasteiger partial charge in [0.2, 0.25) is 11.8 Å². The second-order valence-electron chi connectivity index (χ2n) is 8.20. The molecule has 1 fully saturated rings. The van der Waals surface area contributed by atoms with E-state index in [9.17, 15) is 14.4 Å². The number of likely N-dealkylation sites (N-methyl/N-ethyl adjacent to an activating group) is 1. The van der Waals surface area contributed by atoms with E-state index < -0.39 is 0 Å². The summed E-state index contributed by atoms with van der Waals surface area (Å²) in [6.07, 6.45) is 6.64. The van der Waals surface area contributed by atoms with Gasteiger partial charge in [-0.15, -0.1) is 0 Å². The Morgan fingerprint density at radius 3 is 2.60 bits per heavy atom. The van der Waals surface area contributed by atoms with Crippen LogP contribution >= 0.6 is 0 Å². The third-order valence-corrected chi connectivity index (χ3v) is 5.96. The van der Waals surface area contributed by atoms with E-state index in [1.807, 2.05) is 24.9 Å². The van der Waals surface area contributed by atoms with E-state index >= 15 is 0 Å². The van der Waals surface area contributed by atoms with E-state index in [-0.39, 0.29) is 30.2 Å². The minimum atomic E-state index is -0.126. The SMILES string of the molecule is CC(=O)Nc1ccc(OCC(=O)N2CCC([C@H]3CC=CCN(C)C3=O)CC2)cc1C. The molecule has 1 atom stereocenters. The highest BCUT2D eigenvalue weighted by Gasteiger charge is 2.34. The maximum atomic E-state index is 12.6. The molecule has 7 nitrogen and oxygen atoms in total. The first kappa shape index (κ1) is 21.9. The average molecular weight is 414 g/mol. The lowest BCUT2D eigenvalue weighted by Gasteiger charge is -2.36. The molecule has 0 unspecified atom stereocenters. The Hall–Kier alpha value is -2.83. The smallest absolute Gasteiger partial charge is 0.260 e. The molecule has 1 aromatic rings. The topological polar surface area (TPSA) is 79.0 Å². The zero-order chi connectivity index (χ0) is 21.7. The Morgan fingerprint density at radius 1 is 1.20 bits per heavy atom. The van der Waals surface area contributed by atoms with Crippen LogP contribution in [0.4, 0.5) is 5.69 Å². The standard InChI is InChI=1S/C23H31N3O4/c1-16-14-19(7-8-21(16)24-17(2)27)30-15-22(28)26-12-9-18(10-13-26)20-6-4-5-11-25(3)23(20)29/h4-5,7-8,14,18,20H,6,9-13,15H2,1-3H3,(H,24,27)/t20-/m1/s1. The summed E-state index contributed by atoms with van der Waals surface area (Å²) in [6, 6.07) is 5.34. The van der Waals surface area contributed by atoms with Gasteiger partial charge in [0.05, 0.1) is 0 Å². The number of piperidine rings is 1. The number of amides is 3. The van der Waals surface area contributed by atoms with E-state index in [0.717, 1.165) is 30.5 Å². The number of likely N-dealkylation sites (tertiary alicyclic amines) is 1. The monoisotopic (exact) mass is 413 g/mol. The first-order valence-corrected chi connectivity index (χ1v) is 10.5. The quantitative estimate of drug-likeness (QED) is 0.753. The van der Waals surface area contributed by atoms with E-state index in [1.54, 1.807) is 17.0 Å². The Labute approximate surface area is 178 Å². The van der Waals surface area contributed by atoms with Crippen molar-refractivity contribution in [2.24, 2.45) is 11.8 Å². The van der Waals surface area contributed by atoms with Crippen LogP contribution in [0.1, 0.15) is 31.7 Å². The highest BCUT2D eigenvalue weighted by molar-refractivity contribution is 5.89. The summed E-state index contributed by atoms with van der Waals surface area (Å²) in [5, 5.41) is 2.76. The molecule has 3 rings (SSSR count). The predicted octanol–water partition coefficient (Wildman–Crippen LogP) is 2.61. The van der Waals surface area contributed by atoms with Crippen molar-refractivity contribution in [1.82, 2.24) is 9.80 Å². The normalized spacial score (nSPS) is 20.1. The van der Waals surface area contributed by atoms with Crippen LogP contribution in [0.3, 0.4) is 0 Å². The number of nitrogens with zero attached hydrogens (tertiary/aromatic N) is 2. The van der Waals surface area contributed by atoms with Crippen LogP contribution < -0.4 is 10.1 Å². The number of nitrogens with one attached hydrogen (secondary N) is 1. The number of ether oxygens (including phenoxy) is 1. The molecule has 0 spiro atoms. The van der Waals surface area contributed by atoms with E-state index in [0.29, 0.717) is 31.3 Å². The van der Waals surface area contributed by atoms with Crippen LogP contribution in [0.25, 0.3) is 0 Å². The van der Waals surface area contributed by atoms with Crippen molar-refractivity contribution >= 4 is 23.4 Å². The minimum Gasteiger partial charge on any atom is -0.484 e. The van der Waals surface area contributed by atoms with Gasteiger partial charge in [-0.2, -0.15) is 0 Å². The summed E-state index contributed by atoms with van der Waals surface area (Å²) < 4.78 is 5.68. The number of allylic oxidation sites excluding steroid dienone is 1. The summed E-state index contributed by atoms with van der Waals surface area (Å²) in [6.45, 7) is 5.32. The molecule has 0 saturated carbocycles. The van der Waals surface area contributed by atoms with Crippen molar-refractivity contribution in [3.8, 4) is 5.75 Å². The molecular weight excluding hydrogens is 382 g/mol. The molecule has 2 heterocycles. The predicted molar refractivity (Wildman–Crippen MR) is 115 cm³/mol. The van der Waals surface area contributed by atoms with E-state index in [2.05, 4.69) is 17.5 Å². The van der Waals surface area contributed by atoms with Crippen molar-refractivity contribution in [2.75, 3.05) is 38.6 Å².